The van der Waals surface area contributed by atoms with E-state index in [9.17, 15) is 13.2 Å². The summed E-state index contributed by atoms with van der Waals surface area (Å²) in [6, 6.07) is 10.9. The van der Waals surface area contributed by atoms with E-state index in [0.29, 0.717) is 17.5 Å². The van der Waals surface area contributed by atoms with Crippen LogP contribution in [0.15, 0.2) is 61.7 Å². The first-order valence-electron chi connectivity index (χ1n) is 7.31. The van der Waals surface area contributed by atoms with Gasteiger partial charge in [-0.2, -0.15) is 0 Å². The van der Waals surface area contributed by atoms with Crippen molar-refractivity contribution in [3.05, 3.63) is 58.1 Å². The fraction of sp³-hybridized carbons (Fsp3) is 0.118. The molecule has 0 fully saturated rings. The molecule has 2 aromatic carbocycles. The normalized spacial score (nSPS) is 11.6. The van der Waals surface area contributed by atoms with Gasteiger partial charge in [0.05, 0.1) is 16.0 Å². The van der Waals surface area contributed by atoms with Gasteiger partial charge in [0.25, 0.3) is 5.91 Å². The Balaban J connectivity index is 2.46. The first-order chi connectivity index (χ1) is 11.8. The molecule has 3 N–H and O–H groups in total. The zero-order valence-electron chi connectivity index (χ0n) is 13.4. The minimum Gasteiger partial charge on any atom is -0.365 e. The molecule has 2 rings (SSSR count). The number of rotatable bonds is 5. The molecule has 0 bridgehead atoms. The van der Waals surface area contributed by atoms with Crippen molar-refractivity contribution >= 4 is 43.7 Å². The van der Waals surface area contributed by atoms with Crippen LogP contribution in [0.2, 0.25) is 0 Å². The van der Waals surface area contributed by atoms with Crippen molar-refractivity contribution in [2.24, 2.45) is 10.7 Å². The second-order valence-corrected chi connectivity index (χ2v) is 8.00. The van der Waals surface area contributed by atoms with E-state index in [1.54, 1.807) is 12.1 Å². The van der Waals surface area contributed by atoms with Crippen LogP contribution in [0, 0.1) is 5.41 Å². The lowest BCUT2D eigenvalue weighted by Crippen LogP contribution is -2.13. The molecule has 8 heteroatoms. The fourth-order valence-electron chi connectivity index (χ4n) is 2.21. The first-order valence-corrected chi connectivity index (χ1v) is 9.59. The third-order valence-corrected chi connectivity index (χ3v) is 5.76. The Labute approximate surface area is 154 Å². The Hall–Kier alpha value is -2.32. The maximum Gasteiger partial charge on any atom is 0.259 e. The number of carbonyl (C=O) groups excluding carboxylic acids is 1. The van der Waals surface area contributed by atoms with Gasteiger partial charge in [0, 0.05) is 10.0 Å². The van der Waals surface area contributed by atoms with Crippen molar-refractivity contribution in [1.29, 1.82) is 5.41 Å². The molecule has 130 valence electrons. The van der Waals surface area contributed by atoms with E-state index in [4.69, 9.17) is 11.1 Å². The molecule has 0 spiro atoms. The number of nitrogens with zero attached hydrogens (tertiary/aromatic N) is 1. The van der Waals surface area contributed by atoms with Crippen LogP contribution in [0.25, 0.3) is 0 Å². The lowest BCUT2D eigenvalue weighted by Gasteiger charge is -2.10. The molecule has 0 heterocycles. The first kappa shape index (κ1) is 19.0. The molecule has 0 atom stereocenters. The molecule has 2 aromatic rings. The van der Waals surface area contributed by atoms with E-state index >= 15 is 0 Å². The van der Waals surface area contributed by atoms with E-state index in [0.717, 1.165) is 10.7 Å². The lowest BCUT2D eigenvalue weighted by molar-refractivity contribution is -0.111. The predicted molar refractivity (Wildman–Crippen MR) is 99.9 cm³/mol. The van der Waals surface area contributed by atoms with Crippen LogP contribution in [-0.4, -0.2) is 26.4 Å². The number of nitrogens with one attached hydrogen (secondary N) is 1. The van der Waals surface area contributed by atoms with Gasteiger partial charge in [0.2, 0.25) is 9.84 Å². The molecule has 0 aromatic heterocycles. The van der Waals surface area contributed by atoms with Gasteiger partial charge in [0.15, 0.2) is 5.84 Å². The minimum absolute atomic E-state index is 0.141. The van der Waals surface area contributed by atoms with E-state index < -0.39 is 15.7 Å². The number of nitrogens with two attached hydrogens (primary N) is 1. The smallest absolute Gasteiger partial charge is 0.259 e. The Morgan fingerprint density at radius 1 is 1.20 bits per heavy atom. The van der Waals surface area contributed by atoms with Gasteiger partial charge in [-0.1, -0.05) is 22.9 Å². The highest BCUT2D eigenvalue weighted by Gasteiger charge is 2.19. The van der Waals surface area contributed by atoms with Gasteiger partial charge in [-0.15, -0.1) is 0 Å². The molecule has 0 aliphatic rings. The summed E-state index contributed by atoms with van der Waals surface area (Å²) in [5, 5.41) is 7.92. The topological polar surface area (TPSA) is 113 Å². The van der Waals surface area contributed by atoms with Gasteiger partial charge in [-0.3, -0.25) is 10.2 Å². The van der Waals surface area contributed by atoms with Crippen LogP contribution >= 0.6 is 15.9 Å². The number of benzene rings is 2. The summed E-state index contributed by atoms with van der Waals surface area (Å²) in [7, 11) is -3.66. The van der Waals surface area contributed by atoms with Gasteiger partial charge in [-0.05, 0) is 54.4 Å². The summed E-state index contributed by atoms with van der Waals surface area (Å²) in [5.41, 5.74) is 6.07. The summed E-state index contributed by atoms with van der Waals surface area (Å²) < 4.78 is 26.3. The summed E-state index contributed by atoms with van der Waals surface area (Å²) in [6.45, 7) is 1.85. The zero-order valence-corrected chi connectivity index (χ0v) is 15.8. The Bertz CT molecular complexity index is 952. The molecule has 0 saturated carbocycles. The lowest BCUT2D eigenvalue weighted by atomic mass is 10.0. The third kappa shape index (κ3) is 4.40. The number of aryl methyl sites for hydroxylation is 1. The summed E-state index contributed by atoms with van der Waals surface area (Å²) in [4.78, 5) is 14.8. The second-order valence-electron chi connectivity index (χ2n) is 5.14. The van der Waals surface area contributed by atoms with Crippen molar-refractivity contribution in [3.8, 4) is 0 Å². The summed E-state index contributed by atoms with van der Waals surface area (Å²) in [6.07, 6.45) is 1.36. The largest absolute Gasteiger partial charge is 0.365 e. The van der Waals surface area contributed by atoms with Crippen LogP contribution in [0.1, 0.15) is 18.1 Å². The summed E-state index contributed by atoms with van der Waals surface area (Å²) >= 11 is 3.28. The zero-order chi connectivity index (χ0) is 18.6. The SMILES string of the molecule is CCc1cc(S(=O)(=O)c2ccc(Br)cc2)ccc1C(=N)N=CC(N)=O. The average Bonchev–Trinajstić information content (AvgIpc) is 2.59. The van der Waals surface area contributed by atoms with Crippen molar-refractivity contribution in [1.82, 2.24) is 0 Å². The molecule has 0 unspecified atom stereocenters. The molecule has 0 saturated heterocycles. The molecular weight excluding hydrogens is 406 g/mol. The van der Waals surface area contributed by atoms with Gasteiger partial charge >= 0.3 is 0 Å². The minimum atomic E-state index is -3.66. The number of amides is 1. The quantitative estimate of drug-likeness (QED) is 0.571. The van der Waals surface area contributed by atoms with Crippen LogP contribution < -0.4 is 5.73 Å². The molecule has 6 nitrogen and oxygen atoms in total. The van der Waals surface area contributed by atoms with Crippen molar-refractivity contribution in [2.75, 3.05) is 0 Å². The molecule has 0 radical (unpaired) electrons. The van der Waals surface area contributed by atoms with Crippen LogP contribution in [0.5, 0.6) is 0 Å². The maximum atomic E-state index is 12.7. The van der Waals surface area contributed by atoms with E-state index in [2.05, 4.69) is 20.9 Å². The van der Waals surface area contributed by atoms with Gasteiger partial charge in [0.1, 0.15) is 0 Å². The molecule has 0 aliphatic heterocycles. The van der Waals surface area contributed by atoms with Crippen LogP contribution in [0.3, 0.4) is 0 Å². The number of halogens is 1. The molecule has 1 amide bonds. The Morgan fingerprint density at radius 3 is 2.36 bits per heavy atom. The van der Waals surface area contributed by atoms with Crippen LogP contribution in [-0.2, 0) is 21.1 Å². The summed E-state index contributed by atoms with van der Waals surface area (Å²) in [5.74, 6) is -0.902. The van der Waals surface area contributed by atoms with E-state index in [-0.39, 0.29) is 15.6 Å². The number of amidine groups is 1. The number of hydrogen-bond donors (Lipinski definition) is 2. The number of aliphatic imine (C=N–C) groups is 1. The number of carbonyl (C=O) groups is 1. The van der Waals surface area contributed by atoms with Gasteiger partial charge in [-0.25, -0.2) is 13.4 Å². The van der Waals surface area contributed by atoms with Gasteiger partial charge < -0.3 is 5.73 Å². The average molecular weight is 422 g/mol. The molecule has 0 aliphatic carbocycles. The predicted octanol–water partition coefficient (Wildman–Crippen LogP) is 2.73. The van der Waals surface area contributed by atoms with E-state index in [1.165, 1.54) is 30.3 Å². The van der Waals surface area contributed by atoms with Crippen molar-refractivity contribution in [2.45, 2.75) is 23.1 Å². The Morgan fingerprint density at radius 2 is 1.80 bits per heavy atom. The Kier molecular flexibility index (Phi) is 5.86. The van der Waals surface area contributed by atoms with Crippen molar-refractivity contribution < 1.29 is 13.2 Å². The van der Waals surface area contributed by atoms with Crippen molar-refractivity contribution in [3.63, 3.8) is 0 Å². The highest BCUT2D eigenvalue weighted by molar-refractivity contribution is 9.10. The number of primary amides is 1. The standard InChI is InChI=1S/C17H16BrN3O3S/c1-2-11-9-14(7-8-15(11)17(20)21-10-16(19)22)25(23,24)13-5-3-12(18)4-6-13/h3-10,20H,2H2,1H3,(H2,19,22). The molecular formula is C17H16BrN3O3S. The second kappa shape index (κ2) is 7.71. The maximum absolute atomic E-state index is 12.7. The third-order valence-electron chi connectivity index (χ3n) is 3.47. The van der Waals surface area contributed by atoms with E-state index in [1.807, 2.05) is 6.92 Å². The number of sulfone groups is 1. The highest BCUT2D eigenvalue weighted by Crippen LogP contribution is 2.25. The van der Waals surface area contributed by atoms with Crippen LogP contribution in [0.4, 0.5) is 0 Å². The molecule has 25 heavy (non-hydrogen) atoms. The number of hydrogen-bond acceptors (Lipinski definition) is 4. The fourth-order valence-corrected chi connectivity index (χ4v) is 3.78. The monoisotopic (exact) mass is 421 g/mol. The highest BCUT2D eigenvalue weighted by atomic mass is 79.9.